The van der Waals surface area contributed by atoms with Crippen LogP contribution in [0.3, 0.4) is 0 Å². The molecule has 2 N–H and O–H groups in total. The molecule has 1 aromatic carbocycles. The van der Waals surface area contributed by atoms with Gasteiger partial charge >= 0.3 is 0 Å². The molecule has 1 aromatic heterocycles. The maximum Gasteiger partial charge on any atom is 0.263 e. The van der Waals surface area contributed by atoms with Gasteiger partial charge in [-0.1, -0.05) is 18.2 Å². The highest BCUT2D eigenvalue weighted by Crippen LogP contribution is 2.33. The van der Waals surface area contributed by atoms with Gasteiger partial charge in [0.2, 0.25) is 0 Å². The Kier molecular flexibility index (Phi) is 5.39. The third-order valence-corrected chi connectivity index (χ3v) is 6.32. The van der Waals surface area contributed by atoms with Gasteiger partial charge in [0.15, 0.2) is 0 Å². The number of ether oxygens (including phenoxy) is 1. The number of aliphatic hydroxyl groups excluding tert-OH is 1. The molecular formula is C13H14BrNO4S2. The third kappa shape index (κ3) is 3.83. The fraction of sp³-hybridized carbons (Fsp3) is 0.231. The Morgan fingerprint density at radius 2 is 2.10 bits per heavy atom. The summed E-state index contributed by atoms with van der Waals surface area (Å²) in [6, 6.07) is 8.49. The Labute approximate surface area is 135 Å². The summed E-state index contributed by atoms with van der Waals surface area (Å²) in [5, 5.41) is 9.10. The molecule has 5 nitrogen and oxygen atoms in total. The summed E-state index contributed by atoms with van der Waals surface area (Å²) in [6.45, 7) is 0.116. The Morgan fingerprint density at radius 1 is 1.38 bits per heavy atom. The lowest BCUT2D eigenvalue weighted by Crippen LogP contribution is -2.14. The van der Waals surface area contributed by atoms with Gasteiger partial charge in [0.05, 0.1) is 22.7 Å². The number of rotatable bonds is 6. The Morgan fingerprint density at radius 3 is 2.71 bits per heavy atom. The highest BCUT2D eigenvalue weighted by molar-refractivity contribution is 9.11. The zero-order chi connectivity index (χ0) is 15.5. The monoisotopic (exact) mass is 391 g/mol. The number of hydrogen-bond acceptors (Lipinski definition) is 5. The first-order valence-corrected chi connectivity index (χ1v) is 9.06. The first-order chi connectivity index (χ1) is 9.97. The van der Waals surface area contributed by atoms with Crippen molar-refractivity contribution in [3.8, 4) is 0 Å². The van der Waals surface area contributed by atoms with Crippen LogP contribution in [0.25, 0.3) is 0 Å². The second-order valence-electron chi connectivity index (χ2n) is 4.20. The van der Waals surface area contributed by atoms with E-state index in [1.165, 1.54) is 17.4 Å². The molecule has 0 fully saturated rings. The molecule has 0 radical (unpaired) electrons. The van der Waals surface area contributed by atoms with E-state index in [1.54, 1.807) is 25.3 Å². The second kappa shape index (κ2) is 6.89. The topological polar surface area (TPSA) is 75.6 Å². The van der Waals surface area contributed by atoms with Crippen molar-refractivity contribution >= 4 is 43.0 Å². The van der Waals surface area contributed by atoms with Crippen molar-refractivity contribution in [2.45, 2.75) is 18.1 Å². The SMILES string of the molecule is COCc1ccccc1NS(=O)(=O)c1cc(CO)sc1Br. The smallest absolute Gasteiger partial charge is 0.263 e. The number of sulfonamides is 1. The molecule has 1 heterocycles. The summed E-state index contributed by atoms with van der Waals surface area (Å²) in [4.78, 5) is 0.691. The predicted octanol–water partition coefficient (Wildman–Crippen LogP) is 2.95. The van der Waals surface area contributed by atoms with Crippen LogP contribution in [0.1, 0.15) is 10.4 Å². The number of methoxy groups -OCH3 is 1. The van der Waals surface area contributed by atoms with Crippen LogP contribution in [0.2, 0.25) is 0 Å². The number of anilines is 1. The Bertz CT molecular complexity index is 728. The van der Waals surface area contributed by atoms with Crippen molar-refractivity contribution in [2.75, 3.05) is 11.8 Å². The lowest BCUT2D eigenvalue weighted by Gasteiger charge is -2.11. The van der Waals surface area contributed by atoms with Crippen LogP contribution in [-0.4, -0.2) is 20.6 Å². The molecular weight excluding hydrogens is 378 g/mol. The van der Waals surface area contributed by atoms with Crippen molar-refractivity contribution < 1.29 is 18.3 Å². The summed E-state index contributed by atoms with van der Waals surface area (Å²) in [5.41, 5.74) is 1.22. The van der Waals surface area contributed by atoms with E-state index in [-0.39, 0.29) is 11.5 Å². The molecule has 0 bridgehead atoms. The highest BCUT2D eigenvalue weighted by Gasteiger charge is 2.21. The van der Waals surface area contributed by atoms with Gasteiger partial charge in [-0.3, -0.25) is 4.72 Å². The maximum atomic E-state index is 12.5. The molecule has 8 heteroatoms. The number of halogens is 1. The third-order valence-electron chi connectivity index (χ3n) is 2.71. The molecule has 0 atom stereocenters. The molecule has 0 unspecified atom stereocenters. The summed E-state index contributed by atoms with van der Waals surface area (Å²) in [7, 11) is -2.18. The molecule has 0 saturated heterocycles. The first kappa shape index (κ1) is 16.4. The van der Waals surface area contributed by atoms with E-state index in [4.69, 9.17) is 9.84 Å². The molecule has 2 rings (SSSR count). The van der Waals surface area contributed by atoms with Crippen LogP contribution in [0.15, 0.2) is 39.0 Å². The van der Waals surface area contributed by atoms with Gasteiger partial charge in [0.25, 0.3) is 10.0 Å². The number of hydrogen-bond donors (Lipinski definition) is 2. The van der Waals surface area contributed by atoms with Gasteiger partial charge in [0, 0.05) is 17.6 Å². The van der Waals surface area contributed by atoms with Crippen LogP contribution in [-0.2, 0) is 28.0 Å². The van der Waals surface area contributed by atoms with Crippen molar-refractivity contribution in [2.24, 2.45) is 0 Å². The molecule has 0 aliphatic rings. The fourth-order valence-corrected chi connectivity index (χ4v) is 5.40. The van der Waals surface area contributed by atoms with E-state index in [0.29, 0.717) is 21.0 Å². The first-order valence-electron chi connectivity index (χ1n) is 5.96. The zero-order valence-electron chi connectivity index (χ0n) is 11.2. The lowest BCUT2D eigenvalue weighted by molar-refractivity contribution is 0.185. The molecule has 0 spiro atoms. The van der Waals surface area contributed by atoms with Gasteiger partial charge < -0.3 is 9.84 Å². The zero-order valence-corrected chi connectivity index (χ0v) is 14.4. The van der Waals surface area contributed by atoms with Crippen molar-refractivity contribution in [3.63, 3.8) is 0 Å². The van der Waals surface area contributed by atoms with Gasteiger partial charge in [0.1, 0.15) is 4.90 Å². The molecule has 114 valence electrons. The van der Waals surface area contributed by atoms with Crippen LogP contribution in [0.4, 0.5) is 5.69 Å². The van der Waals surface area contributed by atoms with Gasteiger partial charge in [-0.15, -0.1) is 11.3 Å². The maximum absolute atomic E-state index is 12.5. The quantitative estimate of drug-likeness (QED) is 0.793. The van der Waals surface area contributed by atoms with E-state index in [2.05, 4.69) is 20.7 Å². The van der Waals surface area contributed by atoms with E-state index in [1.807, 2.05) is 6.07 Å². The molecule has 0 aliphatic heterocycles. The molecule has 0 amide bonds. The van der Waals surface area contributed by atoms with Gasteiger partial charge in [-0.25, -0.2) is 8.42 Å². The van der Waals surface area contributed by atoms with Crippen molar-refractivity contribution in [1.82, 2.24) is 0 Å². The minimum Gasteiger partial charge on any atom is -0.391 e. The summed E-state index contributed by atoms with van der Waals surface area (Å²) in [5.74, 6) is 0. The molecule has 21 heavy (non-hydrogen) atoms. The largest absolute Gasteiger partial charge is 0.391 e. The van der Waals surface area contributed by atoms with E-state index >= 15 is 0 Å². The van der Waals surface area contributed by atoms with E-state index in [0.717, 1.165) is 5.56 Å². The highest BCUT2D eigenvalue weighted by atomic mass is 79.9. The van der Waals surface area contributed by atoms with E-state index in [9.17, 15) is 8.42 Å². The number of para-hydroxylation sites is 1. The number of benzene rings is 1. The van der Waals surface area contributed by atoms with Crippen LogP contribution < -0.4 is 4.72 Å². The van der Waals surface area contributed by atoms with E-state index < -0.39 is 10.0 Å². The number of aliphatic hydroxyl groups is 1. The van der Waals surface area contributed by atoms with Crippen LogP contribution in [0.5, 0.6) is 0 Å². The predicted molar refractivity (Wildman–Crippen MR) is 85.9 cm³/mol. The normalized spacial score (nSPS) is 11.6. The Hall–Kier alpha value is -0.930. The van der Waals surface area contributed by atoms with Crippen molar-refractivity contribution in [3.05, 3.63) is 44.6 Å². The van der Waals surface area contributed by atoms with Crippen molar-refractivity contribution in [1.29, 1.82) is 0 Å². The molecule has 2 aromatic rings. The molecule has 0 saturated carbocycles. The summed E-state index contributed by atoms with van der Waals surface area (Å²) in [6.07, 6.45) is 0. The van der Waals surface area contributed by atoms with Gasteiger partial charge in [-0.05, 0) is 28.1 Å². The standard InChI is InChI=1S/C13H14BrNO4S2/c1-19-8-9-4-2-3-5-11(9)15-21(17,18)12-6-10(7-16)20-13(12)14/h2-6,15-16H,7-8H2,1H3. The van der Waals surface area contributed by atoms with Crippen LogP contribution in [0, 0.1) is 0 Å². The average Bonchev–Trinajstić information content (AvgIpc) is 2.83. The fourth-order valence-electron chi connectivity index (χ4n) is 1.76. The molecule has 0 aliphatic carbocycles. The minimum absolute atomic E-state index is 0.115. The Balaban J connectivity index is 2.35. The summed E-state index contributed by atoms with van der Waals surface area (Å²) < 4.78 is 33.0. The second-order valence-corrected chi connectivity index (χ2v) is 8.31. The summed E-state index contributed by atoms with van der Waals surface area (Å²) >= 11 is 4.41. The average molecular weight is 392 g/mol. The minimum atomic E-state index is -3.73. The number of nitrogens with one attached hydrogen (secondary N) is 1. The van der Waals surface area contributed by atoms with Gasteiger partial charge in [-0.2, -0.15) is 0 Å². The lowest BCUT2D eigenvalue weighted by atomic mass is 10.2. The van der Waals surface area contributed by atoms with Crippen LogP contribution >= 0.6 is 27.3 Å². The number of thiophene rings is 1.